The molecule has 0 saturated carbocycles. The normalized spacial score (nSPS) is 14.8. The van der Waals surface area contributed by atoms with E-state index < -0.39 is 18.8 Å². The topological polar surface area (TPSA) is 112 Å². The van der Waals surface area contributed by atoms with E-state index in [0.29, 0.717) is 16.7 Å². The van der Waals surface area contributed by atoms with Gasteiger partial charge in [0.15, 0.2) is 0 Å². The summed E-state index contributed by atoms with van der Waals surface area (Å²) in [5.74, 6) is 0. The van der Waals surface area contributed by atoms with E-state index in [4.69, 9.17) is 10.8 Å². The summed E-state index contributed by atoms with van der Waals surface area (Å²) in [7, 11) is 0. The molecule has 0 aliphatic heterocycles. The van der Waals surface area contributed by atoms with Gasteiger partial charge in [-0.15, -0.1) is 0 Å². The van der Waals surface area contributed by atoms with E-state index >= 15 is 0 Å². The van der Waals surface area contributed by atoms with Crippen LogP contribution in [0.2, 0.25) is 0 Å². The van der Waals surface area contributed by atoms with Crippen molar-refractivity contribution in [2.24, 2.45) is 0 Å². The van der Waals surface area contributed by atoms with E-state index in [1.807, 2.05) is 0 Å². The minimum atomic E-state index is -1.30. The highest BCUT2D eigenvalue weighted by Gasteiger charge is 2.23. The van der Waals surface area contributed by atoms with E-state index in [1.165, 1.54) is 12.4 Å². The van der Waals surface area contributed by atoms with Crippen molar-refractivity contribution >= 4 is 16.7 Å². The zero-order chi connectivity index (χ0) is 12.4. The van der Waals surface area contributed by atoms with Crippen LogP contribution in [0.1, 0.15) is 11.7 Å². The predicted molar refractivity (Wildman–Crippen MR) is 62.0 cm³/mol. The van der Waals surface area contributed by atoms with Crippen LogP contribution in [0.5, 0.6) is 0 Å². The largest absolute Gasteiger partial charge is 0.398 e. The standard InChI is InChI=1S/C11H13N3O3/c12-6-1-2-7-10(14-4-3-13-7)9(6)11(17)8(16)5-15/h1-4,8,11,15-17H,5,12H2. The Kier molecular flexibility index (Phi) is 3.19. The molecular weight excluding hydrogens is 222 g/mol. The second-order valence-electron chi connectivity index (χ2n) is 3.69. The number of nitrogen functional groups attached to an aromatic ring is 1. The maximum Gasteiger partial charge on any atom is 0.111 e. The summed E-state index contributed by atoms with van der Waals surface area (Å²) < 4.78 is 0. The molecule has 6 heteroatoms. The van der Waals surface area contributed by atoms with Crippen molar-refractivity contribution in [1.29, 1.82) is 0 Å². The Bertz CT molecular complexity index is 532. The van der Waals surface area contributed by atoms with Crippen molar-refractivity contribution in [1.82, 2.24) is 9.97 Å². The number of anilines is 1. The van der Waals surface area contributed by atoms with Gasteiger partial charge in [-0.1, -0.05) is 0 Å². The highest BCUT2D eigenvalue weighted by Crippen LogP contribution is 2.29. The van der Waals surface area contributed by atoms with Crippen molar-refractivity contribution in [3.8, 4) is 0 Å². The Balaban J connectivity index is 2.62. The average molecular weight is 235 g/mol. The van der Waals surface area contributed by atoms with Crippen LogP contribution < -0.4 is 5.73 Å². The van der Waals surface area contributed by atoms with Crippen molar-refractivity contribution in [2.45, 2.75) is 12.2 Å². The number of hydrogen-bond acceptors (Lipinski definition) is 6. The number of aromatic nitrogens is 2. The molecule has 0 amide bonds. The molecule has 1 aromatic carbocycles. The number of nitrogens with zero attached hydrogens (tertiary/aromatic N) is 2. The third kappa shape index (κ3) is 2.05. The van der Waals surface area contributed by atoms with Gasteiger partial charge in [-0.05, 0) is 12.1 Å². The van der Waals surface area contributed by atoms with Crippen LogP contribution in [-0.4, -0.2) is 38.0 Å². The monoisotopic (exact) mass is 235 g/mol. The average Bonchev–Trinajstić information content (AvgIpc) is 2.37. The quantitative estimate of drug-likeness (QED) is 0.538. The van der Waals surface area contributed by atoms with E-state index in [2.05, 4.69) is 9.97 Å². The number of aliphatic hydroxyl groups is 3. The number of rotatable bonds is 3. The van der Waals surface area contributed by atoms with Crippen LogP contribution in [0.15, 0.2) is 24.5 Å². The van der Waals surface area contributed by atoms with Gasteiger partial charge in [-0.25, -0.2) is 0 Å². The molecule has 0 radical (unpaired) electrons. The molecule has 6 nitrogen and oxygen atoms in total. The fourth-order valence-corrected chi connectivity index (χ4v) is 1.68. The smallest absolute Gasteiger partial charge is 0.111 e. The van der Waals surface area contributed by atoms with Crippen molar-refractivity contribution in [2.75, 3.05) is 12.3 Å². The van der Waals surface area contributed by atoms with Gasteiger partial charge in [-0.2, -0.15) is 0 Å². The maximum absolute atomic E-state index is 9.91. The van der Waals surface area contributed by atoms with Gasteiger partial charge in [0.1, 0.15) is 12.2 Å². The van der Waals surface area contributed by atoms with Crippen molar-refractivity contribution < 1.29 is 15.3 Å². The fourth-order valence-electron chi connectivity index (χ4n) is 1.68. The first-order valence-electron chi connectivity index (χ1n) is 5.11. The van der Waals surface area contributed by atoms with Crippen LogP contribution >= 0.6 is 0 Å². The summed E-state index contributed by atoms with van der Waals surface area (Å²) in [6.07, 6.45) is 0.408. The van der Waals surface area contributed by atoms with Gasteiger partial charge >= 0.3 is 0 Å². The number of fused-ring (bicyclic) bond motifs is 1. The lowest BCUT2D eigenvalue weighted by atomic mass is 10.0. The summed E-state index contributed by atoms with van der Waals surface area (Å²) in [5.41, 5.74) is 7.35. The Morgan fingerprint density at radius 2 is 1.88 bits per heavy atom. The molecule has 2 aromatic rings. The maximum atomic E-state index is 9.91. The molecule has 0 aliphatic carbocycles. The van der Waals surface area contributed by atoms with E-state index in [9.17, 15) is 10.2 Å². The van der Waals surface area contributed by atoms with Crippen molar-refractivity contribution in [3.05, 3.63) is 30.1 Å². The van der Waals surface area contributed by atoms with Gasteiger partial charge in [0.2, 0.25) is 0 Å². The molecule has 0 saturated heterocycles. The SMILES string of the molecule is Nc1ccc2nccnc2c1C(O)C(O)CO. The Morgan fingerprint density at radius 1 is 1.18 bits per heavy atom. The molecule has 90 valence electrons. The molecular formula is C11H13N3O3. The van der Waals surface area contributed by atoms with Crippen LogP contribution in [0.4, 0.5) is 5.69 Å². The van der Waals surface area contributed by atoms with Crippen LogP contribution in [0.25, 0.3) is 11.0 Å². The number of hydrogen-bond donors (Lipinski definition) is 4. The van der Waals surface area contributed by atoms with Gasteiger partial charge in [-0.3, -0.25) is 9.97 Å². The van der Waals surface area contributed by atoms with Gasteiger partial charge in [0.25, 0.3) is 0 Å². The lowest BCUT2D eigenvalue weighted by Crippen LogP contribution is -2.23. The molecule has 17 heavy (non-hydrogen) atoms. The lowest BCUT2D eigenvalue weighted by Gasteiger charge is -2.18. The minimum Gasteiger partial charge on any atom is -0.398 e. The van der Waals surface area contributed by atoms with E-state index in [0.717, 1.165) is 0 Å². The fraction of sp³-hybridized carbons (Fsp3) is 0.273. The third-order valence-corrected chi connectivity index (χ3v) is 2.56. The zero-order valence-corrected chi connectivity index (χ0v) is 8.98. The van der Waals surface area contributed by atoms with Gasteiger partial charge in [0.05, 0.1) is 17.6 Å². The number of nitrogens with two attached hydrogens (primary N) is 1. The van der Waals surface area contributed by atoms with Gasteiger partial charge < -0.3 is 21.1 Å². The molecule has 2 unspecified atom stereocenters. The predicted octanol–water partition coefficient (Wildman–Crippen LogP) is -0.401. The Morgan fingerprint density at radius 3 is 2.59 bits per heavy atom. The first-order chi connectivity index (χ1) is 8.15. The Hall–Kier alpha value is -1.76. The number of aliphatic hydroxyl groups excluding tert-OH is 3. The molecule has 5 N–H and O–H groups in total. The van der Waals surface area contributed by atoms with E-state index in [-0.39, 0.29) is 5.56 Å². The van der Waals surface area contributed by atoms with Crippen LogP contribution in [-0.2, 0) is 0 Å². The summed E-state index contributed by atoms with van der Waals surface area (Å²) in [6, 6.07) is 3.26. The summed E-state index contributed by atoms with van der Waals surface area (Å²) in [5, 5.41) is 28.2. The zero-order valence-electron chi connectivity index (χ0n) is 8.98. The Labute approximate surface area is 97.4 Å². The molecule has 0 aliphatic rings. The highest BCUT2D eigenvalue weighted by molar-refractivity contribution is 5.83. The first kappa shape index (κ1) is 11.7. The van der Waals surface area contributed by atoms with Gasteiger partial charge in [0, 0.05) is 23.6 Å². The van der Waals surface area contributed by atoms with Crippen LogP contribution in [0, 0.1) is 0 Å². The van der Waals surface area contributed by atoms with Crippen molar-refractivity contribution in [3.63, 3.8) is 0 Å². The molecule has 0 spiro atoms. The minimum absolute atomic E-state index is 0.289. The third-order valence-electron chi connectivity index (χ3n) is 2.56. The lowest BCUT2D eigenvalue weighted by molar-refractivity contribution is -0.0143. The molecule has 2 rings (SSSR count). The summed E-state index contributed by atoms with van der Waals surface area (Å²) in [4.78, 5) is 8.16. The van der Waals surface area contributed by atoms with Crippen LogP contribution in [0.3, 0.4) is 0 Å². The first-order valence-corrected chi connectivity index (χ1v) is 5.11. The summed E-state index contributed by atoms with van der Waals surface area (Å²) >= 11 is 0. The highest BCUT2D eigenvalue weighted by atomic mass is 16.4. The molecule has 2 atom stereocenters. The molecule has 0 bridgehead atoms. The molecule has 1 heterocycles. The molecule has 0 fully saturated rings. The van der Waals surface area contributed by atoms with E-state index in [1.54, 1.807) is 12.1 Å². The second kappa shape index (κ2) is 4.62. The second-order valence-corrected chi connectivity index (χ2v) is 3.69. The molecule has 1 aromatic heterocycles. The number of benzene rings is 1. The summed E-state index contributed by atoms with van der Waals surface area (Å²) in [6.45, 7) is -0.558.